The average molecular weight is 299 g/mol. The zero-order chi connectivity index (χ0) is 16.0. The first-order valence-corrected chi connectivity index (χ1v) is 8.34. The highest BCUT2D eigenvalue weighted by Crippen LogP contribution is 2.25. The molecule has 1 aromatic carbocycles. The van der Waals surface area contributed by atoms with E-state index in [1.807, 2.05) is 0 Å². The van der Waals surface area contributed by atoms with Gasteiger partial charge >= 0.3 is 0 Å². The first-order chi connectivity index (χ1) is 10.5. The molecule has 120 valence electrons. The van der Waals surface area contributed by atoms with Crippen LogP contribution in [-0.2, 0) is 18.5 Å². The average Bonchev–Trinajstić information content (AvgIpc) is 2.94. The van der Waals surface area contributed by atoms with Gasteiger partial charge in [-0.15, -0.1) is 0 Å². The number of hydrogen-bond acceptors (Lipinski definition) is 2. The predicted octanol–water partition coefficient (Wildman–Crippen LogP) is 5.38. The Morgan fingerprint density at radius 1 is 0.955 bits per heavy atom. The third kappa shape index (κ3) is 5.03. The number of nitrogens with zero attached hydrogens (tertiary/aromatic N) is 1. The van der Waals surface area contributed by atoms with Gasteiger partial charge in [-0.05, 0) is 30.7 Å². The lowest BCUT2D eigenvalue weighted by molar-refractivity contribution is 0.226. The summed E-state index contributed by atoms with van der Waals surface area (Å²) >= 11 is 0. The van der Waals surface area contributed by atoms with Gasteiger partial charge < -0.3 is 4.42 Å². The van der Waals surface area contributed by atoms with Crippen LogP contribution in [-0.4, -0.2) is 11.4 Å². The van der Waals surface area contributed by atoms with E-state index in [4.69, 9.17) is 4.42 Å². The molecule has 2 aromatic rings. The van der Waals surface area contributed by atoms with Gasteiger partial charge in [0.15, 0.2) is 0 Å². The summed E-state index contributed by atoms with van der Waals surface area (Å²) in [6, 6.07) is 14.9. The van der Waals surface area contributed by atoms with Gasteiger partial charge in [-0.3, -0.25) is 4.90 Å². The van der Waals surface area contributed by atoms with Crippen molar-refractivity contribution in [1.29, 1.82) is 0 Å². The molecule has 1 aromatic heterocycles. The molecule has 0 atom stereocenters. The molecule has 0 radical (unpaired) electrons. The minimum absolute atomic E-state index is 0.0753. The highest BCUT2D eigenvalue weighted by Gasteiger charge is 2.19. The standard InChI is InChI=1S/C20H29NO/c1-5-6-14-21(15-17-10-8-7-9-11-17)16-18-12-13-19(22-18)20(2,3)4/h7-13H,5-6,14-16H2,1-4H3. The molecule has 0 amide bonds. The molecule has 0 spiro atoms. The second kappa shape index (κ2) is 7.64. The zero-order valence-corrected chi connectivity index (χ0v) is 14.4. The van der Waals surface area contributed by atoms with Crippen molar-refractivity contribution in [3.8, 4) is 0 Å². The van der Waals surface area contributed by atoms with Gasteiger partial charge in [-0.1, -0.05) is 64.4 Å². The van der Waals surface area contributed by atoms with E-state index in [1.54, 1.807) is 0 Å². The molecule has 0 aliphatic rings. The summed E-state index contributed by atoms with van der Waals surface area (Å²) in [7, 11) is 0. The monoisotopic (exact) mass is 299 g/mol. The fraction of sp³-hybridized carbons (Fsp3) is 0.500. The zero-order valence-electron chi connectivity index (χ0n) is 14.4. The number of furan rings is 1. The summed E-state index contributed by atoms with van der Waals surface area (Å²) in [5.41, 5.74) is 1.44. The minimum Gasteiger partial charge on any atom is -0.464 e. The Labute approximate surface area is 135 Å². The summed E-state index contributed by atoms with van der Waals surface area (Å²) in [4.78, 5) is 2.48. The van der Waals surface area contributed by atoms with E-state index in [0.717, 1.165) is 31.2 Å². The van der Waals surface area contributed by atoms with Gasteiger partial charge in [0.2, 0.25) is 0 Å². The van der Waals surface area contributed by atoms with Crippen LogP contribution in [0.5, 0.6) is 0 Å². The molecule has 0 bridgehead atoms. The van der Waals surface area contributed by atoms with Crippen LogP contribution in [0, 0.1) is 0 Å². The van der Waals surface area contributed by atoms with E-state index in [2.05, 4.69) is 75.1 Å². The Morgan fingerprint density at radius 2 is 1.68 bits per heavy atom. The third-order valence-electron chi connectivity index (χ3n) is 3.86. The molecule has 1 heterocycles. The SMILES string of the molecule is CCCCN(Cc1ccccc1)Cc1ccc(C(C)(C)C)o1. The minimum atomic E-state index is 0.0753. The molecular weight excluding hydrogens is 270 g/mol. The maximum Gasteiger partial charge on any atom is 0.118 e. The van der Waals surface area contributed by atoms with Crippen LogP contribution < -0.4 is 0 Å². The van der Waals surface area contributed by atoms with Gasteiger partial charge in [-0.2, -0.15) is 0 Å². The Balaban J connectivity index is 2.04. The Hall–Kier alpha value is -1.54. The topological polar surface area (TPSA) is 16.4 Å². The van der Waals surface area contributed by atoms with Crippen molar-refractivity contribution in [3.05, 3.63) is 59.5 Å². The second-order valence-corrected chi connectivity index (χ2v) is 7.07. The molecule has 0 saturated heterocycles. The Morgan fingerprint density at radius 3 is 2.27 bits per heavy atom. The predicted molar refractivity (Wildman–Crippen MR) is 92.9 cm³/mol. The molecule has 2 nitrogen and oxygen atoms in total. The van der Waals surface area contributed by atoms with Gasteiger partial charge in [0, 0.05) is 12.0 Å². The molecule has 0 aliphatic carbocycles. The lowest BCUT2D eigenvalue weighted by Gasteiger charge is -2.21. The fourth-order valence-electron chi connectivity index (χ4n) is 2.52. The maximum absolute atomic E-state index is 6.05. The summed E-state index contributed by atoms with van der Waals surface area (Å²) in [5.74, 6) is 2.13. The van der Waals surface area contributed by atoms with Crippen molar-refractivity contribution >= 4 is 0 Å². The molecular formula is C20H29NO. The van der Waals surface area contributed by atoms with E-state index < -0.39 is 0 Å². The van der Waals surface area contributed by atoms with Crippen molar-refractivity contribution in [1.82, 2.24) is 4.90 Å². The quantitative estimate of drug-likeness (QED) is 0.682. The maximum atomic E-state index is 6.05. The van der Waals surface area contributed by atoms with E-state index >= 15 is 0 Å². The number of benzene rings is 1. The molecule has 0 fully saturated rings. The highest BCUT2D eigenvalue weighted by molar-refractivity contribution is 5.16. The smallest absolute Gasteiger partial charge is 0.118 e. The summed E-state index contributed by atoms with van der Waals surface area (Å²) < 4.78 is 6.05. The van der Waals surface area contributed by atoms with Crippen molar-refractivity contribution in [2.75, 3.05) is 6.54 Å². The summed E-state index contributed by atoms with van der Waals surface area (Å²) in [6.45, 7) is 11.8. The van der Waals surface area contributed by atoms with Gasteiger partial charge in [0.25, 0.3) is 0 Å². The van der Waals surface area contributed by atoms with Crippen LogP contribution in [0.15, 0.2) is 46.9 Å². The van der Waals surface area contributed by atoms with Crippen LogP contribution >= 0.6 is 0 Å². The summed E-state index contributed by atoms with van der Waals surface area (Å²) in [6.07, 6.45) is 2.44. The van der Waals surface area contributed by atoms with E-state index in [1.165, 1.54) is 18.4 Å². The lowest BCUT2D eigenvalue weighted by Crippen LogP contribution is -2.23. The van der Waals surface area contributed by atoms with E-state index in [9.17, 15) is 0 Å². The van der Waals surface area contributed by atoms with Crippen LogP contribution in [0.1, 0.15) is 57.6 Å². The fourth-order valence-corrected chi connectivity index (χ4v) is 2.52. The van der Waals surface area contributed by atoms with E-state index in [-0.39, 0.29) is 5.41 Å². The van der Waals surface area contributed by atoms with Crippen LogP contribution in [0.25, 0.3) is 0 Å². The molecule has 0 saturated carbocycles. The van der Waals surface area contributed by atoms with Crippen molar-refractivity contribution in [2.24, 2.45) is 0 Å². The van der Waals surface area contributed by atoms with Crippen molar-refractivity contribution in [2.45, 2.75) is 59.0 Å². The van der Waals surface area contributed by atoms with Crippen LogP contribution in [0.3, 0.4) is 0 Å². The van der Waals surface area contributed by atoms with Crippen LogP contribution in [0.2, 0.25) is 0 Å². The normalized spacial score (nSPS) is 12.0. The summed E-state index contributed by atoms with van der Waals surface area (Å²) in [5, 5.41) is 0. The van der Waals surface area contributed by atoms with Crippen molar-refractivity contribution < 1.29 is 4.42 Å². The number of unbranched alkanes of at least 4 members (excludes halogenated alkanes) is 1. The first kappa shape index (κ1) is 16.8. The Kier molecular flexibility index (Phi) is 5.84. The van der Waals surface area contributed by atoms with Gasteiger partial charge in [0.05, 0.1) is 6.54 Å². The van der Waals surface area contributed by atoms with E-state index in [0.29, 0.717) is 0 Å². The number of hydrogen-bond donors (Lipinski definition) is 0. The second-order valence-electron chi connectivity index (χ2n) is 7.07. The molecule has 0 aliphatic heterocycles. The largest absolute Gasteiger partial charge is 0.464 e. The number of rotatable bonds is 7. The molecule has 0 N–H and O–H groups in total. The first-order valence-electron chi connectivity index (χ1n) is 8.34. The molecule has 0 unspecified atom stereocenters. The van der Waals surface area contributed by atoms with Crippen LogP contribution in [0.4, 0.5) is 0 Å². The molecule has 2 heteroatoms. The van der Waals surface area contributed by atoms with Gasteiger partial charge in [0.1, 0.15) is 11.5 Å². The third-order valence-corrected chi connectivity index (χ3v) is 3.86. The Bertz CT molecular complexity index is 551. The molecule has 22 heavy (non-hydrogen) atoms. The highest BCUT2D eigenvalue weighted by atomic mass is 16.3. The van der Waals surface area contributed by atoms with Crippen molar-refractivity contribution in [3.63, 3.8) is 0 Å². The van der Waals surface area contributed by atoms with Gasteiger partial charge in [-0.25, -0.2) is 0 Å². The molecule has 2 rings (SSSR count). The lowest BCUT2D eigenvalue weighted by atomic mass is 9.94.